The van der Waals surface area contributed by atoms with Crippen molar-refractivity contribution in [2.45, 2.75) is 0 Å². The van der Waals surface area contributed by atoms with Crippen molar-refractivity contribution in [2.24, 2.45) is 5.73 Å². The molecule has 17 heavy (non-hydrogen) atoms. The van der Waals surface area contributed by atoms with Crippen LogP contribution < -0.4 is 10.6 Å². The lowest BCUT2D eigenvalue weighted by atomic mass is 10.1. The Morgan fingerprint density at radius 2 is 2.24 bits per heavy atom. The summed E-state index contributed by atoms with van der Waals surface area (Å²) >= 11 is 5.92. The molecule has 2 rings (SSSR count). The first-order valence-corrected chi connectivity index (χ1v) is 5.45. The molecule has 2 N–H and O–H groups in total. The lowest BCUT2D eigenvalue weighted by Gasteiger charge is -2.27. The molecule has 0 unspecified atom stereocenters. The second kappa shape index (κ2) is 4.73. The van der Waals surface area contributed by atoms with Crippen LogP contribution in [0.1, 0.15) is 10.4 Å². The molecule has 1 fully saturated rings. The largest absolute Gasteiger partial charge is 0.370 e. The van der Waals surface area contributed by atoms with Gasteiger partial charge in [-0.2, -0.15) is 0 Å². The van der Waals surface area contributed by atoms with Gasteiger partial charge in [0.15, 0.2) is 0 Å². The quantitative estimate of drug-likeness (QED) is 0.849. The zero-order chi connectivity index (χ0) is 12.4. The highest BCUT2D eigenvalue weighted by Crippen LogP contribution is 2.24. The highest BCUT2D eigenvalue weighted by molar-refractivity contribution is 6.34. The molecule has 0 aromatic heterocycles. The fourth-order valence-electron chi connectivity index (χ4n) is 1.66. The number of hydrogen-bond donors (Lipinski definition) is 1. The third kappa shape index (κ3) is 2.40. The van der Waals surface area contributed by atoms with Crippen LogP contribution in [0.15, 0.2) is 18.2 Å². The Bertz CT molecular complexity index is 476. The fraction of sp³-hybridized carbons (Fsp3) is 0.273. The minimum absolute atomic E-state index is 0.0647. The minimum atomic E-state index is -0.588. The summed E-state index contributed by atoms with van der Waals surface area (Å²) in [5.41, 5.74) is 6.04. The highest BCUT2D eigenvalue weighted by Gasteiger charge is 2.21. The molecular formula is C11H11ClN2O3. The third-order valence-electron chi connectivity index (χ3n) is 2.52. The first-order valence-electron chi connectivity index (χ1n) is 5.07. The average molecular weight is 255 g/mol. The number of rotatable bonds is 2. The molecule has 0 aliphatic carbocycles. The smallest absolute Gasteiger partial charge is 0.253 e. The summed E-state index contributed by atoms with van der Waals surface area (Å²) in [5.74, 6) is -0.714. The zero-order valence-corrected chi connectivity index (χ0v) is 9.74. The number of hydrogen-bond acceptors (Lipinski definition) is 3. The molecule has 0 atom stereocenters. The first-order chi connectivity index (χ1) is 8.09. The molecule has 1 aromatic rings. The molecule has 0 radical (unpaired) electrons. The van der Waals surface area contributed by atoms with Gasteiger partial charge < -0.3 is 15.4 Å². The van der Waals surface area contributed by atoms with E-state index in [0.29, 0.717) is 18.8 Å². The molecule has 0 saturated carbocycles. The van der Waals surface area contributed by atoms with Gasteiger partial charge in [0.05, 0.1) is 17.2 Å². The van der Waals surface area contributed by atoms with Gasteiger partial charge in [-0.25, -0.2) is 0 Å². The SMILES string of the molecule is NC(=O)c1ccc(N2CCOCC2=O)cc1Cl. The molecule has 1 saturated heterocycles. The Morgan fingerprint density at radius 1 is 1.47 bits per heavy atom. The maximum absolute atomic E-state index is 11.6. The molecule has 1 aromatic carbocycles. The topological polar surface area (TPSA) is 72.6 Å². The van der Waals surface area contributed by atoms with Gasteiger partial charge in [0.25, 0.3) is 5.91 Å². The molecule has 6 heteroatoms. The molecule has 2 amide bonds. The van der Waals surface area contributed by atoms with Crippen LogP contribution in [-0.4, -0.2) is 31.6 Å². The number of carbonyl (C=O) groups excluding carboxylic acids is 2. The van der Waals surface area contributed by atoms with Crippen molar-refractivity contribution in [1.82, 2.24) is 0 Å². The standard InChI is InChI=1S/C11H11ClN2O3/c12-9-5-7(1-2-8(9)11(13)16)14-3-4-17-6-10(14)15/h1-2,5H,3-4,6H2,(H2,13,16). The van der Waals surface area contributed by atoms with Gasteiger partial charge in [-0.15, -0.1) is 0 Å². The maximum Gasteiger partial charge on any atom is 0.253 e. The van der Waals surface area contributed by atoms with E-state index in [-0.39, 0.29) is 23.1 Å². The van der Waals surface area contributed by atoms with E-state index in [4.69, 9.17) is 22.1 Å². The van der Waals surface area contributed by atoms with Crippen molar-refractivity contribution in [3.63, 3.8) is 0 Å². The van der Waals surface area contributed by atoms with E-state index in [0.717, 1.165) is 0 Å². The van der Waals surface area contributed by atoms with Crippen molar-refractivity contribution in [3.05, 3.63) is 28.8 Å². The zero-order valence-electron chi connectivity index (χ0n) is 8.98. The Labute approximate surface area is 103 Å². The summed E-state index contributed by atoms with van der Waals surface area (Å²) in [6.07, 6.45) is 0. The number of amides is 2. The summed E-state index contributed by atoms with van der Waals surface area (Å²) in [5, 5.41) is 0.245. The van der Waals surface area contributed by atoms with Crippen LogP contribution in [0.2, 0.25) is 5.02 Å². The lowest BCUT2D eigenvalue weighted by Crippen LogP contribution is -2.41. The average Bonchev–Trinajstić information content (AvgIpc) is 2.29. The molecule has 1 aliphatic rings. The number of morpholine rings is 1. The van der Waals surface area contributed by atoms with E-state index in [9.17, 15) is 9.59 Å². The summed E-state index contributed by atoms with van der Waals surface area (Å²) in [6, 6.07) is 4.73. The molecule has 5 nitrogen and oxygen atoms in total. The number of benzene rings is 1. The Hall–Kier alpha value is -1.59. The fourth-order valence-corrected chi connectivity index (χ4v) is 1.93. The summed E-state index contributed by atoms with van der Waals surface area (Å²) in [7, 11) is 0. The summed E-state index contributed by atoms with van der Waals surface area (Å²) in [4.78, 5) is 24.2. The summed E-state index contributed by atoms with van der Waals surface area (Å²) < 4.78 is 5.03. The second-order valence-electron chi connectivity index (χ2n) is 3.63. The van der Waals surface area contributed by atoms with E-state index < -0.39 is 5.91 Å². The van der Waals surface area contributed by atoms with Gasteiger partial charge >= 0.3 is 0 Å². The first kappa shape index (κ1) is 11.9. The van der Waals surface area contributed by atoms with Crippen molar-refractivity contribution in [2.75, 3.05) is 24.7 Å². The molecular weight excluding hydrogens is 244 g/mol. The van der Waals surface area contributed by atoms with Gasteiger partial charge in [-0.1, -0.05) is 11.6 Å². The number of ether oxygens (including phenoxy) is 1. The van der Waals surface area contributed by atoms with Gasteiger partial charge in [0.1, 0.15) is 6.61 Å². The molecule has 0 spiro atoms. The van der Waals surface area contributed by atoms with Crippen LogP contribution in [0.4, 0.5) is 5.69 Å². The van der Waals surface area contributed by atoms with E-state index in [1.54, 1.807) is 17.0 Å². The third-order valence-corrected chi connectivity index (χ3v) is 2.83. The maximum atomic E-state index is 11.6. The predicted octanol–water partition coefficient (Wildman–Crippen LogP) is 0.802. The number of anilines is 1. The lowest BCUT2D eigenvalue weighted by molar-refractivity contribution is -0.125. The van der Waals surface area contributed by atoms with Crippen molar-refractivity contribution in [3.8, 4) is 0 Å². The normalized spacial score (nSPS) is 16.1. The van der Waals surface area contributed by atoms with Gasteiger partial charge in [-0.3, -0.25) is 9.59 Å². The van der Waals surface area contributed by atoms with Gasteiger partial charge in [0.2, 0.25) is 5.91 Å². The summed E-state index contributed by atoms with van der Waals surface area (Å²) in [6.45, 7) is 1.03. The predicted molar refractivity (Wildman–Crippen MR) is 63.1 cm³/mol. The number of primary amides is 1. The molecule has 0 bridgehead atoms. The number of nitrogens with two attached hydrogens (primary N) is 1. The molecule has 1 heterocycles. The monoisotopic (exact) mass is 254 g/mol. The van der Waals surface area contributed by atoms with Crippen LogP contribution in [0.5, 0.6) is 0 Å². The van der Waals surface area contributed by atoms with Crippen LogP contribution in [0.3, 0.4) is 0 Å². The van der Waals surface area contributed by atoms with E-state index >= 15 is 0 Å². The Morgan fingerprint density at radius 3 is 2.82 bits per heavy atom. The van der Waals surface area contributed by atoms with Crippen LogP contribution >= 0.6 is 11.6 Å². The van der Waals surface area contributed by atoms with Crippen molar-refractivity contribution in [1.29, 1.82) is 0 Å². The number of halogens is 1. The second-order valence-corrected chi connectivity index (χ2v) is 4.03. The van der Waals surface area contributed by atoms with Crippen LogP contribution in [0.25, 0.3) is 0 Å². The minimum Gasteiger partial charge on any atom is -0.370 e. The van der Waals surface area contributed by atoms with Gasteiger partial charge in [0, 0.05) is 12.2 Å². The molecule has 1 aliphatic heterocycles. The highest BCUT2D eigenvalue weighted by atomic mass is 35.5. The van der Waals surface area contributed by atoms with Crippen molar-refractivity contribution < 1.29 is 14.3 Å². The van der Waals surface area contributed by atoms with E-state index in [1.807, 2.05) is 0 Å². The van der Waals surface area contributed by atoms with Gasteiger partial charge in [-0.05, 0) is 18.2 Å². The van der Waals surface area contributed by atoms with E-state index in [1.165, 1.54) is 6.07 Å². The Balaban J connectivity index is 2.30. The van der Waals surface area contributed by atoms with E-state index in [2.05, 4.69) is 0 Å². The van der Waals surface area contributed by atoms with Crippen LogP contribution in [-0.2, 0) is 9.53 Å². The molecule has 90 valence electrons. The number of carbonyl (C=O) groups is 2. The van der Waals surface area contributed by atoms with Crippen LogP contribution in [0, 0.1) is 0 Å². The van der Waals surface area contributed by atoms with Crippen molar-refractivity contribution >= 4 is 29.1 Å². The Kier molecular flexibility index (Phi) is 3.31. The number of nitrogens with zero attached hydrogens (tertiary/aromatic N) is 1.